The number of nitrogens with one attached hydrogen (secondary N) is 1. The van der Waals surface area contributed by atoms with Crippen LogP contribution in [-0.4, -0.2) is 61.7 Å². The summed E-state index contributed by atoms with van der Waals surface area (Å²) in [4.78, 5) is 5.13. The van der Waals surface area contributed by atoms with Crippen molar-refractivity contribution in [1.29, 1.82) is 0 Å². The number of nitrogens with zero attached hydrogens (tertiary/aromatic N) is 2. The average molecular weight is 253 g/mol. The molecule has 2 aliphatic heterocycles. The molecule has 0 aliphatic carbocycles. The molecule has 18 heavy (non-hydrogen) atoms. The summed E-state index contributed by atoms with van der Waals surface area (Å²) < 4.78 is 0. The monoisotopic (exact) mass is 253 g/mol. The summed E-state index contributed by atoms with van der Waals surface area (Å²) in [5.41, 5.74) is 0. The molecule has 1 N–H and O–H groups in total. The minimum Gasteiger partial charge on any atom is -0.313 e. The van der Waals surface area contributed by atoms with Crippen molar-refractivity contribution in [1.82, 2.24) is 15.1 Å². The van der Waals surface area contributed by atoms with Crippen molar-refractivity contribution in [3.05, 3.63) is 0 Å². The van der Waals surface area contributed by atoms with Crippen LogP contribution in [0.5, 0.6) is 0 Å². The van der Waals surface area contributed by atoms with Gasteiger partial charge in [0.05, 0.1) is 0 Å². The van der Waals surface area contributed by atoms with Gasteiger partial charge in [0.2, 0.25) is 0 Å². The molecule has 2 atom stereocenters. The van der Waals surface area contributed by atoms with Crippen LogP contribution in [0, 0.1) is 0 Å². The normalized spacial score (nSPS) is 31.7. The van der Waals surface area contributed by atoms with Crippen molar-refractivity contribution in [2.75, 3.05) is 39.8 Å². The van der Waals surface area contributed by atoms with Crippen LogP contribution >= 0.6 is 0 Å². The first kappa shape index (κ1) is 14.3. The van der Waals surface area contributed by atoms with Crippen LogP contribution in [0.4, 0.5) is 0 Å². The van der Waals surface area contributed by atoms with Gasteiger partial charge in [0.1, 0.15) is 0 Å². The second-order valence-corrected chi connectivity index (χ2v) is 6.29. The minimum absolute atomic E-state index is 0.738. The van der Waals surface area contributed by atoms with Gasteiger partial charge in [-0.1, -0.05) is 6.42 Å². The Bertz CT molecular complexity index is 232. The fourth-order valence-corrected chi connectivity index (χ4v) is 3.41. The van der Waals surface area contributed by atoms with E-state index in [1.807, 2.05) is 0 Å². The lowest BCUT2D eigenvalue weighted by Crippen LogP contribution is -2.45. The van der Waals surface area contributed by atoms with E-state index in [0.717, 1.165) is 12.1 Å². The van der Waals surface area contributed by atoms with Gasteiger partial charge in [-0.05, 0) is 72.3 Å². The Hall–Kier alpha value is -0.120. The number of hydrogen-bond acceptors (Lipinski definition) is 3. The third-order valence-electron chi connectivity index (χ3n) is 4.62. The molecule has 0 amide bonds. The molecule has 0 aromatic rings. The molecule has 2 aliphatic rings. The van der Waals surface area contributed by atoms with Crippen molar-refractivity contribution >= 4 is 0 Å². The van der Waals surface area contributed by atoms with Crippen molar-refractivity contribution in [3.63, 3.8) is 0 Å². The molecule has 0 aromatic heterocycles. The van der Waals surface area contributed by atoms with E-state index in [9.17, 15) is 0 Å². The van der Waals surface area contributed by atoms with Crippen LogP contribution in [-0.2, 0) is 0 Å². The Morgan fingerprint density at radius 3 is 2.78 bits per heavy atom. The van der Waals surface area contributed by atoms with E-state index in [0.29, 0.717) is 0 Å². The van der Waals surface area contributed by atoms with Crippen molar-refractivity contribution in [2.24, 2.45) is 0 Å². The Morgan fingerprint density at radius 2 is 2.00 bits per heavy atom. The van der Waals surface area contributed by atoms with Crippen LogP contribution in [0.2, 0.25) is 0 Å². The lowest BCUT2D eigenvalue weighted by Gasteiger charge is -2.34. The molecule has 0 saturated carbocycles. The summed E-state index contributed by atoms with van der Waals surface area (Å²) in [7, 11) is 2.24. The molecule has 2 rings (SSSR count). The Morgan fingerprint density at radius 1 is 1.11 bits per heavy atom. The Labute approximate surface area is 113 Å². The van der Waals surface area contributed by atoms with Crippen LogP contribution in [0.3, 0.4) is 0 Å². The topological polar surface area (TPSA) is 18.5 Å². The Kier molecular flexibility index (Phi) is 5.93. The maximum atomic E-state index is 3.74. The zero-order valence-corrected chi connectivity index (χ0v) is 12.3. The number of likely N-dealkylation sites (tertiary alicyclic amines) is 2. The highest BCUT2D eigenvalue weighted by molar-refractivity contribution is 4.77. The van der Waals surface area contributed by atoms with Gasteiger partial charge in [-0.2, -0.15) is 0 Å². The van der Waals surface area contributed by atoms with E-state index >= 15 is 0 Å². The molecule has 3 nitrogen and oxygen atoms in total. The zero-order chi connectivity index (χ0) is 12.8. The predicted octanol–water partition coefficient (Wildman–Crippen LogP) is 1.93. The van der Waals surface area contributed by atoms with Crippen molar-refractivity contribution in [3.8, 4) is 0 Å². The number of rotatable bonds is 5. The van der Waals surface area contributed by atoms with E-state index in [2.05, 4.69) is 29.1 Å². The molecule has 0 bridgehead atoms. The highest BCUT2D eigenvalue weighted by Gasteiger charge is 2.18. The van der Waals surface area contributed by atoms with Crippen LogP contribution in [0.25, 0.3) is 0 Å². The summed E-state index contributed by atoms with van der Waals surface area (Å²) >= 11 is 0. The van der Waals surface area contributed by atoms with Crippen LogP contribution < -0.4 is 5.32 Å². The van der Waals surface area contributed by atoms with E-state index < -0.39 is 0 Å². The number of hydrogen-bond donors (Lipinski definition) is 1. The molecule has 3 heteroatoms. The largest absolute Gasteiger partial charge is 0.313 e. The third-order valence-corrected chi connectivity index (χ3v) is 4.62. The van der Waals surface area contributed by atoms with Gasteiger partial charge in [-0.25, -0.2) is 0 Å². The molecule has 2 saturated heterocycles. The van der Waals surface area contributed by atoms with Crippen LogP contribution in [0.1, 0.15) is 45.4 Å². The van der Waals surface area contributed by atoms with E-state index in [1.54, 1.807) is 0 Å². The number of piperidine rings is 2. The summed E-state index contributed by atoms with van der Waals surface area (Å²) in [6.45, 7) is 8.72. The summed E-state index contributed by atoms with van der Waals surface area (Å²) in [5, 5.41) is 3.74. The zero-order valence-electron chi connectivity index (χ0n) is 12.3. The van der Waals surface area contributed by atoms with Gasteiger partial charge in [-0.15, -0.1) is 0 Å². The molecule has 2 fully saturated rings. The lowest BCUT2D eigenvalue weighted by molar-refractivity contribution is 0.156. The maximum absolute atomic E-state index is 3.74. The van der Waals surface area contributed by atoms with Gasteiger partial charge < -0.3 is 15.1 Å². The average Bonchev–Trinajstić information content (AvgIpc) is 2.37. The highest BCUT2D eigenvalue weighted by atomic mass is 15.2. The van der Waals surface area contributed by atoms with Gasteiger partial charge in [0.15, 0.2) is 0 Å². The number of likely N-dealkylation sites (N-methyl/N-ethyl adjacent to an activating group) is 1. The second-order valence-electron chi connectivity index (χ2n) is 6.29. The Balaban J connectivity index is 1.55. The van der Waals surface area contributed by atoms with Gasteiger partial charge >= 0.3 is 0 Å². The SMILES string of the molecule is CC1CCCCN1CCCNC1CCCN(C)C1. The maximum Gasteiger partial charge on any atom is 0.0195 e. The van der Waals surface area contributed by atoms with Gasteiger partial charge in [0, 0.05) is 18.6 Å². The predicted molar refractivity (Wildman–Crippen MR) is 78.0 cm³/mol. The fraction of sp³-hybridized carbons (Fsp3) is 1.00. The lowest BCUT2D eigenvalue weighted by atomic mass is 10.0. The molecule has 0 spiro atoms. The first-order valence-electron chi connectivity index (χ1n) is 7.91. The molecule has 2 unspecified atom stereocenters. The van der Waals surface area contributed by atoms with Gasteiger partial charge in [0.25, 0.3) is 0 Å². The molecular formula is C15H31N3. The fourth-order valence-electron chi connectivity index (χ4n) is 3.41. The van der Waals surface area contributed by atoms with Crippen molar-refractivity contribution in [2.45, 2.75) is 57.5 Å². The van der Waals surface area contributed by atoms with E-state index in [-0.39, 0.29) is 0 Å². The smallest absolute Gasteiger partial charge is 0.0195 e. The van der Waals surface area contributed by atoms with Gasteiger partial charge in [-0.3, -0.25) is 0 Å². The molecule has 0 aromatic carbocycles. The first-order valence-corrected chi connectivity index (χ1v) is 7.91. The highest BCUT2D eigenvalue weighted by Crippen LogP contribution is 2.16. The van der Waals surface area contributed by atoms with E-state index in [1.165, 1.54) is 71.2 Å². The molecule has 106 valence electrons. The van der Waals surface area contributed by atoms with E-state index in [4.69, 9.17) is 0 Å². The summed E-state index contributed by atoms with van der Waals surface area (Å²) in [6.07, 6.45) is 8.28. The van der Waals surface area contributed by atoms with Crippen molar-refractivity contribution < 1.29 is 0 Å². The second kappa shape index (κ2) is 7.46. The van der Waals surface area contributed by atoms with Crippen LogP contribution in [0.15, 0.2) is 0 Å². The minimum atomic E-state index is 0.738. The quantitative estimate of drug-likeness (QED) is 0.755. The summed E-state index contributed by atoms with van der Waals surface area (Å²) in [5.74, 6) is 0. The molecule has 2 heterocycles. The third kappa shape index (κ3) is 4.52. The molecular weight excluding hydrogens is 222 g/mol. The summed E-state index contributed by atoms with van der Waals surface area (Å²) in [6, 6.07) is 1.56. The standard InChI is InChI=1S/C15H31N3/c1-14-7-3-4-11-18(14)12-6-9-16-15-8-5-10-17(2)13-15/h14-16H,3-13H2,1-2H3. The molecule has 0 radical (unpaired) electrons. The first-order chi connectivity index (χ1) is 8.75.